The number of carbonyl (C=O) groups is 2. The fourth-order valence-corrected chi connectivity index (χ4v) is 5.26. The van der Waals surface area contributed by atoms with Crippen molar-refractivity contribution >= 4 is 23.1 Å². The summed E-state index contributed by atoms with van der Waals surface area (Å²) < 4.78 is 5.56. The number of Topliss-reactive ketones (excluding diaryl/α,β-unsaturated/α-hetero) is 1. The maximum absolute atomic E-state index is 12.5. The third kappa shape index (κ3) is 4.04. The summed E-state index contributed by atoms with van der Waals surface area (Å²) in [5.41, 5.74) is 3.18. The Balaban J connectivity index is 1.34. The van der Waals surface area contributed by atoms with Crippen molar-refractivity contribution in [2.24, 2.45) is 17.8 Å². The minimum atomic E-state index is -0.166. The molecule has 4 nitrogen and oxygen atoms in total. The smallest absolute Gasteiger partial charge is 0.309 e. The molecule has 0 saturated heterocycles. The second kappa shape index (κ2) is 8.16. The average Bonchev–Trinajstić information content (AvgIpc) is 3.15. The molecule has 1 aromatic heterocycles. The predicted molar refractivity (Wildman–Crippen MR) is 110 cm³/mol. The number of carbonyl (C=O) groups excluding carboxylic acids is 2. The number of ketones is 1. The number of nitrogens with zero attached hydrogens (tertiary/aromatic N) is 1. The number of hydrogen-bond acceptors (Lipinski definition) is 5. The van der Waals surface area contributed by atoms with Crippen LogP contribution in [0.15, 0.2) is 29.6 Å². The van der Waals surface area contributed by atoms with Gasteiger partial charge in [-0.1, -0.05) is 44.5 Å². The predicted octanol–water partition coefficient (Wildman–Crippen LogP) is 5.37. The molecular weight excluding hydrogens is 370 g/mol. The molecule has 0 N–H and O–H groups in total. The standard InChI is InChI=1S/C23H27NO3S/c1-14(2)15-6-8-16(9-7-15)22-24-20(13-28-22)12-27-23(26)19-10-17-4-3-5-18(11-19)21(17)25/h6-9,13-14,17-19H,3-5,10-12H2,1-2H3/t17-,18-/m1/s1. The van der Waals surface area contributed by atoms with E-state index in [1.54, 1.807) is 11.3 Å². The van der Waals surface area contributed by atoms with Crippen LogP contribution in [0.1, 0.15) is 63.1 Å². The molecule has 2 aromatic rings. The molecule has 4 rings (SSSR count). The Morgan fingerprint density at radius 1 is 1.18 bits per heavy atom. The van der Waals surface area contributed by atoms with Gasteiger partial charge in [0, 0.05) is 22.8 Å². The van der Waals surface area contributed by atoms with Gasteiger partial charge in [-0.2, -0.15) is 0 Å². The first kappa shape index (κ1) is 19.3. The van der Waals surface area contributed by atoms with E-state index < -0.39 is 0 Å². The summed E-state index contributed by atoms with van der Waals surface area (Å²) in [7, 11) is 0. The molecule has 0 radical (unpaired) electrons. The van der Waals surface area contributed by atoms with Crippen LogP contribution < -0.4 is 0 Å². The van der Waals surface area contributed by atoms with E-state index in [2.05, 4.69) is 43.1 Å². The quantitative estimate of drug-likeness (QED) is 0.636. The van der Waals surface area contributed by atoms with Crippen LogP contribution in [0.3, 0.4) is 0 Å². The molecule has 2 saturated carbocycles. The van der Waals surface area contributed by atoms with Gasteiger partial charge in [-0.15, -0.1) is 11.3 Å². The fraction of sp³-hybridized carbons (Fsp3) is 0.522. The van der Waals surface area contributed by atoms with Crippen LogP contribution in [0.25, 0.3) is 10.6 Å². The van der Waals surface area contributed by atoms with E-state index in [4.69, 9.17) is 4.74 Å². The molecule has 0 amide bonds. The summed E-state index contributed by atoms with van der Waals surface area (Å²) in [5.74, 6) is 0.738. The van der Waals surface area contributed by atoms with Gasteiger partial charge in [0.05, 0.1) is 11.6 Å². The second-order valence-electron chi connectivity index (χ2n) is 8.42. The van der Waals surface area contributed by atoms with E-state index in [1.807, 2.05) is 5.38 Å². The first-order chi connectivity index (χ1) is 13.5. The van der Waals surface area contributed by atoms with Crippen molar-refractivity contribution in [1.29, 1.82) is 0 Å². The lowest BCUT2D eigenvalue weighted by Gasteiger charge is -2.36. The third-order valence-electron chi connectivity index (χ3n) is 6.12. The zero-order valence-electron chi connectivity index (χ0n) is 16.5. The first-order valence-corrected chi connectivity index (χ1v) is 11.1. The SMILES string of the molecule is CC(C)c1ccc(-c2nc(COC(=O)C3C[C@H]4CCC[C@H](C3)C4=O)cs2)cc1. The summed E-state index contributed by atoms with van der Waals surface area (Å²) in [5, 5.41) is 2.90. The zero-order chi connectivity index (χ0) is 19.7. The van der Waals surface area contributed by atoms with Crippen molar-refractivity contribution in [3.63, 3.8) is 0 Å². The number of thiazole rings is 1. The summed E-state index contributed by atoms with van der Waals surface area (Å²) >= 11 is 1.57. The maximum Gasteiger partial charge on any atom is 0.309 e. The Morgan fingerprint density at radius 2 is 1.86 bits per heavy atom. The number of aromatic nitrogens is 1. The van der Waals surface area contributed by atoms with Crippen molar-refractivity contribution in [3.8, 4) is 10.6 Å². The van der Waals surface area contributed by atoms with Gasteiger partial charge in [0.15, 0.2) is 0 Å². The third-order valence-corrected chi connectivity index (χ3v) is 7.06. The maximum atomic E-state index is 12.5. The Morgan fingerprint density at radius 3 is 2.50 bits per heavy atom. The van der Waals surface area contributed by atoms with Crippen LogP contribution in [0.4, 0.5) is 0 Å². The van der Waals surface area contributed by atoms with Gasteiger partial charge < -0.3 is 4.74 Å². The normalized spacial score (nSPS) is 24.4. The molecule has 2 aliphatic rings. The first-order valence-electron chi connectivity index (χ1n) is 10.3. The highest BCUT2D eigenvalue weighted by Crippen LogP contribution is 2.40. The van der Waals surface area contributed by atoms with Gasteiger partial charge in [0.25, 0.3) is 0 Å². The van der Waals surface area contributed by atoms with E-state index in [-0.39, 0.29) is 30.3 Å². The fourth-order valence-electron chi connectivity index (χ4n) is 4.45. The van der Waals surface area contributed by atoms with Gasteiger partial charge in [-0.25, -0.2) is 4.98 Å². The molecule has 28 heavy (non-hydrogen) atoms. The number of fused-ring (bicyclic) bond motifs is 2. The number of ether oxygens (including phenoxy) is 1. The molecule has 0 spiro atoms. The van der Waals surface area contributed by atoms with Crippen LogP contribution >= 0.6 is 11.3 Å². The lowest BCUT2D eigenvalue weighted by atomic mass is 9.67. The zero-order valence-corrected chi connectivity index (χ0v) is 17.3. The summed E-state index contributed by atoms with van der Waals surface area (Å²) in [4.78, 5) is 29.3. The molecular formula is C23H27NO3S. The van der Waals surface area contributed by atoms with Crippen LogP contribution in [-0.4, -0.2) is 16.7 Å². The van der Waals surface area contributed by atoms with Crippen LogP contribution in [0.2, 0.25) is 0 Å². The van der Waals surface area contributed by atoms with Crippen molar-refractivity contribution < 1.29 is 14.3 Å². The molecule has 2 bridgehead atoms. The van der Waals surface area contributed by atoms with Gasteiger partial charge in [-0.3, -0.25) is 9.59 Å². The topological polar surface area (TPSA) is 56.3 Å². The number of rotatable bonds is 5. The van der Waals surface area contributed by atoms with E-state index in [0.29, 0.717) is 24.5 Å². The summed E-state index contributed by atoms with van der Waals surface area (Å²) in [6.45, 7) is 4.57. The Bertz CT molecular complexity index is 839. The molecule has 5 heteroatoms. The molecule has 2 fully saturated rings. The number of benzene rings is 1. The minimum Gasteiger partial charge on any atom is -0.459 e. The molecule has 148 valence electrons. The van der Waals surface area contributed by atoms with Crippen molar-refractivity contribution in [3.05, 3.63) is 40.9 Å². The van der Waals surface area contributed by atoms with Crippen molar-refractivity contribution in [1.82, 2.24) is 4.98 Å². The molecule has 1 aromatic carbocycles. The minimum absolute atomic E-state index is 0.0738. The molecule has 0 aliphatic heterocycles. The highest BCUT2D eigenvalue weighted by Gasteiger charge is 2.41. The van der Waals surface area contributed by atoms with Gasteiger partial charge in [0.2, 0.25) is 0 Å². The monoisotopic (exact) mass is 397 g/mol. The summed E-state index contributed by atoms with van der Waals surface area (Å²) in [6, 6.07) is 8.48. The number of esters is 1. The lowest BCUT2D eigenvalue weighted by Crippen LogP contribution is -2.39. The van der Waals surface area contributed by atoms with Gasteiger partial charge in [0.1, 0.15) is 17.4 Å². The van der Waals surface area contributed by atoms with Gasteiger partial charge >= 0.3 is 5.97 Å². The van der Waals surface area contributed by atoms with E-state index in [0.717, 1.165) is 35.5 Å². The number of hydrogen-bond donors (Lipinski definition) is 0. The van der Waals surface area contributed by atoms with Gasteiger partial charge in [-0.05, 0) is 37.2 Å². The molecule has 2 atom stereocenters. The largest absolute Gasteiger partial charge is 0.459 e. The average molecular weight is 398 g/mol. The van der Waals surface area contributed by atoms with Crippen molar-refractivity contribution in [2.75, 3.05) is 0 Å². The highest BCUT2D eigenvalue weighted by atomic mass is 32.1. The summed E-state index contributed by atoms with van der Waals surface area (Å²) in [6.07, 6.45) is 4.31. The Kier molecular flexibility index (Phi) is 5.63. The van der Waals surface area contributed by atoms with E-state index >= 15 is 0 Å². The van der Waals surface area contributed by atoms with E-state index in [1.165, 1.54) is 5.56 Å². The highest BCUT2D eigenvalue weighted by molar-refractivity contribution is 7.13. The van der Waals surface area contributed by atoms with Crippen LogP contribution in [0, 0.1) is 17.8 Å². The lowest BCUT2D eigenvalue weighted by molar-refractivity contribution is -0.154. The molecule has 1 heterocycles. The Hall–Kier alpha value is -2.01. The molecule has 0 unspecified atom stereocenters. The van der Waals surface area contributed by atoms with Crippen LogP contribution in [-0.2, 0) is 20.9 Å². The van der Waals surface area contributed by atoms with Crippen LogP contribution in [0.5, 0.6) is 0 Å². The van der Waals surface area contributed by atoms with Crippen molar-refractivity contribution in [2.45, 2.75) is 58.5 Å². The Labute approximate surface area is 170 Å². The molecule has 2 aliphatic carbocycles. The second-order valence-corrected chi connectivity index (χ2v) is 9.28. The van der Waals surface area contributed by atoms with E-state index in [9.17, 15) is 9.59 Å².